The molecule has 0 saturated heterocycles. The molecule has 0 spiro atoms. The zero-order chi connectivity index (χ0) is 56.4. The third-order valence-electron chi connectivity index (χ3n) is 15.9. The lowest BCUT2D eigenvalue weighted by Gasteiger charge is -2.18. The summed E-state index contributed by atoms with van der Waals surface area (Å²) in [6.45, 7) is 6.63. The van der Waals surface area contributed by atoms with Gasteiger partial charge in [-0.1, -0.05) is 327 Å². The molecule has 0 saturated carbocycles. The third-order valence-corrected chi connectivity index (χ3v) is 15.9. The van der Waals surface area contributed by atoms with Crippen molar-refractivity contribution in [2.45, 2.75) is 393 Å². The molecule has 0 aromatic rings. The van der Waals surface area contributed by atoms with Gasteiger partial charge in [0.1, 0.15) is 13.2 Å². The Bertz CT molecular complexity index is 1300. The summed E-state index contributed by atoms with van der Waals surface area (Å²) in [5.74, 6) is -0.878. The van der Waals surface area contributed by atoms with Crippen LogP contribution in [0.15, 0.2) is 36.5 Å². The first kappa shape index (κ1) is 75.6. The fourth-order valence-electron chi connectivity index (χ4n) is 10.6. The van der Waals surface area contributed by atoms with Crippen LogP contribution in [0.1, 0.15) is 387 Å². The molecule has 458 valence electrons. The fourth-order valence-corrected chi connectivity index (χ4v) is 10.6. The van der Waals surface area contributed by atoms with Gasteiger partial charge in [-0.15, -0.1) is 0 Å². The van der Waals surface area contributed by atoms with Gasteiger partial charge in [0, 0.05) is 19.3 Å². The van der Waals surface area contributed by atoms with Gasteiger partial charge in [-0.2, -0.15) is 0 Å². The average Bonchev–Trinajstić information content (AvgIpc) is 3.44. The summed E-state index contributed by atoms with van der Waals surface area (Å²) in [7, 11) is 0. The summed E-state index contributed by atoms with van der Waals surface area (Å²) in [5.41, 5.74) is 0. The molecule has 6 nitrogen and oxygen atoms in total. The molecule has 0 aromatic heterocycles. The lowest BCUT2D eigenvalue weighted by atomic mass is 10.0. The number of rotatable bonds is 65. The van der Waals surface area contributed by atoms with Gasteiger partial charge in [-0.05, 0) is 77.0 Å². The van der Waals surface area contributed by atoms with Crippen molar-refractivity contribution in [1.29, 1.82) is 0 Å². The molecule has 0 N–H and O–H groups in total. The minimum Gasteiger partial charge on any atom is -0.462 e. The molecule has 0 bridgehead atoms. The van der Waals surface area contributed by atoms with Crippen molar-refractivity contribution in [1.82, 2.24) is 0 Å². The number of esters is 3. The summed E-state index contributed by atoms with van der Waals surface area (Å²) < 4.78 is 16.9. The van der Waals surface area contributed by atoms with E-state index in [4.69, 9.17) is 14.2 Å². The van der Waals surface area contributed by atoms with Gasteiger partial charge in [0.2, 0.25) is 0 Å². The van der Waals surface area contributed by atoms with Gasteiger partial charge in [0.25, 0.3) is 0 Å². The first-order valence-electron chi connectivity index (χ1n) is 35.0. The Hall–Kier alpha value is -2.37. The van der Waals surface area contributed by atoms with Crippen molar-refractivity contribution in [3.63, 3.8) is 0 Å². The summed E-state index contributed by atoms with van der Waals surface area (Å²) in [6.07, 6.45) is 83.4. The Balaban J connectivity index is 4.06. The van der Waals surface area contributed by atoms with E-state index in [-0.39, 0.29) is 31.1 Å². The van der Waals surface area contributed by atoms with Crippen LogP contribution in [-0.2, 0) is 28.6 Å². The zero-order valence-electron chi connectivity index (χ0n) is 52.7. The molecule has 6 heteroatoms. The van der Waals surface area contributed by atoms with E-state index in [1.807, 2.05) is 0 Å². The molecule has 0 amide bonds. The van der Waals surface area contributed by atoms with Gasteiger partial charge in [0.05, 0.1) is 0 Å². The molecule has 0 fully saturated rings. The van der Waals surface area contributed by atoms with Crippen LogP contribution in [0.25, 0.3) is 0 Å². The topological polar surface area (TPSA) is 78.9 Å². The molecule has 0 aliphatic heterocycles. The Labute approximate surface area is 486 Å². The Morgan fingerprint density at radius 3 is 0.744 bits per heavy atom. The monoisotopic (exact) mass is 1100 g/mol. The van der Waals surface area contributed by atoms with Crippen molar-refractivity contribution >= 4 is 17.9 Å². The van der Waals surface area contributed by atoms with Crippen LogP contribution >= 0.6 is 0 Å². The Kier molecular flexibility index (Phi) is 65.1. The number of carbonyl (C=O) groups excluding carboxylic acids is 3. The van der Waals surface area contributed by atoms with Crippen LogP contribution in [0.2, 0.25) is 0 Å². The SMILES string of the molecule is CCCCC/C=C\C/C=C\CCCCCCCC(=O)OC(COC(=O)CCCCCCC/C=C\CCCCC)COC(=O)CCCCCCCCCCCCCCCCCCCCCCCCCCCCCCCCCCC. The lowest BCUT2D eigenvalue weighted by Crippen LogP contribution is -2.30. The van der Waals surface area contributed by atoms with Crippen LogP contribution in [0.4, 0.5) is 0 Å². The van der Waals surface area contributed by atoms with Crippen LogP contribution in [0.3, 0.4) is 0 Å². The summed E-state index contributed by atoms with van der Waals surface area (Å²) in [4.78, 5) is 38.3. The van der Waals surface area contributed by atoms with E-state index in [2.05, 4.69) is 57.2 Å². The molecule has 0 radical (unpaired) electrons. The van der Waals surface area contributed by atoms with Gasteiger partial charge in [-0.3, -0.25) is 14.4 Å². The van der Waals surface area contributed by atoms with E-state index in [9.17, 15) is 14.4 Å². The molecule has 0 aliphatic carbocycles. The van der Waals surface area contributed by atoms with Gasteiger partial charge in [0.15, 0.2) is 6.10 Å². The largest absolute Gasteiger partial charge is 0.462 e. The molecule has 0 rings (SSSR count). The maximum absolute atomic E-state index is 12.9. The lowest BCUT2D eigenvalue weighted by molar-refractivity contribution is -0.167. The van der Waals surface area contributed by atoms with E-state index < -0.39 is 6.10 Å². The maximum atomic E-state index is 12.9. The number of ether oxygens (including phenoxy) is 3. The molecule has 1 atom stereocenters. The zero-order valence-corrected chi connectivity index (χ0v) is 52.7. The normalized spacial score (nSPS) is 12.2. The second-order valence-corrected chi connectivity index (χ2v) is 23.8. The molecule has 0 heterocycles. The Morgan fingerprint density at radius 1 is 0.256 bits per heavy atom. The predicted molar refractivity (Wildman–Crippen MR) is 339 cm³/mol. The second kappa shape index (κ2) is 67.1. The number of hydrogen-bond acceptors (Lipinski definition) is 6. The van der Waals surface area contributed by atoms with E-state index in [0.717, 1.165) is 89.9 Å². The second-order valence-electron chi connectivity index (χ2n) is 23.8. The minimum absolute atomic E-state index is 0.0767. The van der Waals surface area contributed by atoms with E-state index in [0.29, 0.717) is 19.3 Å². The van der Waals surface area contributed by atoms with Gasteiger partial charge >= 0.3 is 17.9 Å². The smallest absolute Gasteiger partial charge is 0.306 e. The molecule has 0 aliphatic rings. The third kappa shape index (κ3) is 64.5. The molecular weight excluding hydrogens is 961 g/mol. The predicted octanol–water partition coefficient (Wildman–Crippen LogP) is 23.9. The molecule has 0 aromatic carbocycles. The summed E-state index contributed by atoms with van der Waals surface area (Å²) >= 11 is 0. The summed E-state index contributed by atoms with van der Waals surface area (Å²) in [6, 6.07) is 0. The number of hydrogen-bond donors (Lipinski definition) is 0. The van der Waals surface area contributed by atoms with Crippen LogP contribution < -0.4 is 0 Å². The highest BCUT2D eigenvalue weighted by molar-refractivity contribution is 5.71. The van der Waals surface area contributed by atoms with E-state index in [1.54, 1.807) is 0 Å². The Morgan fingerprint density at radius 2 is 0.462 bits per heavy atom. The number of allylic oxidation sites excluding steroid dienone is 6. The molecule has 78 heavy (non-hydrogen) atoms. The van der Waals surface area contributed by atoms with Crippen molar-refractivity contribution in [3.05, 3.63) is 36.5 Å². The summed E-state index contributed by atoms with van der Waals surface area (Å²) in [5, 5.41) is 0. The average molecular weight is 1100 g/mol. The van der Waals surface area contributed by atoms with Crippen molar-refractivity contribution < 1.29 is 28.6 Å². The standard InChI is InChI=1S/C72H134O6/c1-4-7-10-13-16-19-22-25-27-28-29-30-31-32-33-34-35-36-37-38-39-40-41-42-43-44-46-47-50-53-56-59-62-65-71(74)77-68-69(67-76-70(73)64-61-58-55-52-49-24-21-18-15-12-9-6-3)78-72(75)66-63-60-57-54-51-48-45-26-23-20-17-14-11-8-5-2/h17-18,20-21,26,45,69H,4-16,19,22-25,27-44,46-68H2,1-3H3/b20-17-,21-18-,45-26-. The maximum Gasteiger partial charge on any atom is 0.306 e. The minimum atomic E-state index is -0.781. The van der Waals surface area contributed by atoms with Crippen LogP contribution in [0, 0.1) is 0 Å². The van der Waals surface area contributed by atoms with Crippen LogP contribution in [-0.4, -0.2) is 37.2 Å². The number of carbonyl (C=O) groups is 3. The highest BCUT2D eigenvalue weighted by atomic mass is 16.6. The van der Waals surface area contributed by atoms with E-state index in [1.165, 1.54) is 257 Å². The first-order valence-corrected chi connectivity index (χ1v) is 35.0. The van der Waals surface area contributed by atoms with Gasteiger partial charge in [-0.25, -0.2) is 0 Å². The fraction of sp³-hybridized carbons (Fsp3) is 0.875. The van der Waals surface area contributed by atoms with Gasteiger partial charge < -0.3 is 14.2 Å². The number of unbranched alkanes of at least 4 members (excludes halogenated alkanes) is 48. The van der Waals surface area contributed by atoms with Crippen LogP contribution in [0.5, 0.6) is 0 Å². The highest BCUT2D eigenvalue weighted by Crippen LogP contribution is 2.19. The van der Waals surface area contributed by atoms with Crippen molar-refractivity contribution in [2.24, 2.45) is 0 Å². The van der Waals surface area contributed by atoms with E-state index >= 15 is 0 Å². The quantitative estimate of drug-likeness (QED) is 0.0261. The highest BCUT2D eigenvalue weighted by Gasteiger charge is 2.19. The first-order chi connectivity index (χ1) is 38.5. The van der Waals surface area contributed by atoms with Crippen molar-refractivity contribution in [2.75, 3.05) is 13.2 Å². The van der Waals surface area contributed by atoms with Crippen molar-refractivity contribution in [3.8, 4) is 0 Å². The molecule has 1 unspecified atom stereocenters. The molecular formula is C72H134O6.